The van der Waals surface area contributed by atoms with Gasteiger partial charge in [0.2, 0.25) is 0 Å². The molecule has 0 heterocycles. The second-order valence-electron chi connectivity index (χ2n) is 6.42. The van der Waals surface area contributed by atoms with Gasteiger partial charge in [-0.1, -0.05) is 41.9 Å². The lowest BCUT2D eigenvalue weighted by Gasteiger charge is -2.10. The Morgan fingerprint density at radius 1 is 1.16 bits per heavy atom. The zero-order valence-corrected chi connectivity index (χ0v) is 17.3. The van der Waals surface area contributed by atoms with Crippen molar-refractivity contribution in [2.75, 3.05) is 12.4 Å². The van der Waals surface area contributed by atoms with Crippen molar-refractivity contribution in [1.82, 2.24) is 0 Å². The van der Waals surface area contributed by atoms with E-state index in [0.29, 0.717) is 33.3 Å². The number of hydrogen-bond acceptors (Lipinski definition) is 4. The summed E-state index contributed by atoms with van der Waals surface area (Å²) in [7, 11) is 1.47. The number of carbonyl (C=O) groups is 1. The van der Waals surface area contributed by atoms with Crippen LogP contribution in [0.25, 0.3) is 6.08 Å². The number of halogens is 2. The summed E-state index contributed by atoms with van der Waals surface area (Å²) in [4.78, 5) is 12.5. The van der Waals surface area contributed by atoms with E-state index in [9.17, 15) is 14.4 Å². The Bertz CT molecular complexity index is 1150. The fourth-order valence-corrected chi connectivity index (χ4v) is 2.89. The fraction of sp³-hybridized carbons (Fsp3) is 0.0833. The average molecular weight is 437 g/mol. The van der Waals surface area contributed by atoms with E-state index in [1.165, 1.54) is 25.3 Å². The molecule has 0 saturated carbocycles. The third kappa shape index (κ3) is 5.84. The molecular weight excluding hydrogens is 419 g/mol. The predicted molar refractivity (Wildman–Crippen MR) is 117 cm³/mol. The van der Waals surface area contributed by atoms with Crippen molar-refractivity contribution in [1.29, 1.82) is 5.26 Å². The van der Waals surface area contributed by atoms with Gasteiger partial charge in [-0.05, 0) is 48.0 Å². The number of nitriles is 1. The van der Waals surface area contributed by atoms with Crippen LogP contribution in [0.5, 0.6) is 11.5 Å². The molecule has 0 radical (unpaired) electrons. The number of nitrogens with zero attached hydrogens (tertiary/aromatic N) is 1. The summed E-state index contributed by atoms with van der Waals surface area (Å²) in [5.41, 5.74) is 1.34. The predicted octanol–water partition coefficient (Wildman–Crippen LogP) is 5.61. The smallest absolute Gasteiger partial charge is 0.266 e. The second kappa shape index (κ2) is 10.3. The van der Waals surface area contributed by atoms with Gasteiger partial charge in [-0.3, -0.25) is 4.79 Å². The van der Waals surface area contributed by atoms with Crippen LogP contribution in [0.1, 0.15) is 11.1 Å². The van der Waals surface area contributed by atoms with Crippen molar-refractivity contribution in [2.24, 2.45) is 0 Å². The van der Waals surface area contributed by atoms with Crippen molar-refractivity contribution in [3.05, 3.63) is 94.3 Å². The first-order chi connectivity index (χ1) is 15.0. The zero-order valence-electron chi connectivity index (χ0n) is 16.6. The Balaban J connectivity index is 1.69. The lowest BCUT2D eigenvalue weighted by molar-refractivity contribution is -0.112. The van der Waals surface area contributed by atoms with E-state index in [0.717, 1.165) is 0 Å². The summed E-state index contributed by atoms with van der Waals surface area (Å²) in [5.74, 6) is 0.0319. The molecular formula is C24H18ClFN2O3. The van der Waals surface area contributed by atoms with Crippen LogP contribution in [0.4, 0.5) is 10.1 Å². The molecule has 0 aliphatic heterocycles. The number of benzene rings is 3. The monoisotopic (exact) mass is 436 g/mol. The maximum absolute atomic E-state index is 13.7. The largest absolute Gasteiger partial charge is 0.495 e. The quantitative estimate of drug-likeness (QED) is 0.386. The number of anilines is 1. The molecule has 0 aliphatic carbocycles. The van der Waals surface area contributed by atoms with E-state index in [2.05, 4.69) is 5.32 Å². The van der Waals surface area contributed by atoms with Crippen LogP contribution in [0.3, 0.4) is 0 Å². The number of amides is 1. The maximum Gasteiger partial charge on any atom is 0.266 e. The molecule has 0 fully saturated rings. The molecule has 1 amide bonds. The van der Waals surface area contributed by atoms with Crippen molar-refractivity contribution in [3.8, 4) is 17.6 Å². The van der Waals surface area contributed by atoms with Crippen molar-refractivity contribution < 1.29 is 18.7 Å². The summed E-state index contributed by atoms with van der Waals surface area (Å²) in [6.45, 7) is 0.0924. The molecule has 0 unspecified atom stereocenters. The van der Waals surface area contributed by atoms with Crippen molar-refractivity contribution in [3.63, 3.8) is 0 Å². The number of rotatable bonds is 7. The average Bonchev–Trinajstić information content (AvgIpc) is 2.78. The molecule has 1 N–H and O–H groups in total. The Hall–Kier alpha value is -3.82. The van der Waals surface area contributed by atoms with Gasteiger partial charge >= 0.3 is 0 Å². The lowest BCUT2D eigenvalue weighted by atomic mass is 10.1. The van der Waals surface area contributed by atoms with Crippen LogP contribution in [-0.2, 0) is 11.4 Å². The molecule has 3 aromatic carbocycles. The van der Waals surface area contributed by atoms with Gasteiger partial charge in [0, 0.05) is 10.6 Å². The highest BCUT2D eigenvalue weighted by atomic mass is 35.5. The topological polar surface area (TPSA) is 71.3 Å². The highest BCUT2D eigenvalue weighted by Gasteiger charge is 2.13. The first-order valence-electron chi connectivity index (χ1n) is 9.23. The molecule has 0 saturated heterocycles. The highest BCUT2D eigenvalue weighted by molar-refractivity contribution is 6.31. The Morgan fingerprint density at radius 3 is 2.58 bits per heavy atom. The SMILES string of the molecule is COc1ccc(Cl)cc1NC(=O)/C(C#N)=C/c1ccc(OCc2ccccc2F)cc1. The van der Waals surface area contributed by atoms with Crippen LogP contribution in [0.2, 0.25) is 5.02 Å². The van der Waals surface area contributed by atoms with E-state index < -0.39 is 5.91 Å². The molecule has 0 bridgehead atoms. The van der Waals surface area contributed by atoms with Crippen LogP contribution < -0.4 is 14.8 Å². The Labute approximate surface area is 184 Å². The molecule has 31 heavy (non-hydrogen) atoms. The Morgan fingerprint density at radius 2 is 1.90 bits per heavy atom. The van der Waals surface area contributed by atoms with Gasteiger partial charge in [0.05, 0.1) is 12.8 Å². The summed E-state index contributed by atoms with van der Waals surface area (Å²) < 4.78 is 24.5. The van der Waals surface area contributed by atoms with Gasteiger partial charge < -0.3 is 14.8 Å². The minimum atomic E-state index is -0.594. The normalized spacial score (nSPS) is 10.8. The third-order valence-electron chi connectivity index (χ3n) is 4.32. The van der Waals surface area contributed by atoms with Gasteiger partial charge in [0.15, 0.2) is 0 Å². The van der Waals surface area contributed by atoms with E-state index in [-0.39, 0.29) is 18.0 Å². The molecule has 0 aromatic heterocycles. The summed E-state index contributed by atoms with van der Waals surface area (Å²) in [6.07, 6.45) is 1.45. The molecule has 3 aromatic rings. The second-order valence-corrected chi connectivity index (χ2v) is 6.85. The van der Waals surface area contributed by atoms with Gasteiger partial charge in [0.25, 0.3) is 5.91 Å². The highest BCUT2D eigenvalue weighted by Crippen LogP contribution is 2.28. The van der Waals surface area contributed by atoms with Gasteiger partial charge in [-0.25, -0.2) is 4.39 Å². The lowest BCUT2D eigenvalue weighted by Crippen LogP contribution is -2.14. The van der Waals surface area contributed by atoms with Crippen LogP contribution in [0.15, 0.2) is 72.3 Å². The van der Waals surface area contributed by atoms with Crippen molar-refractivity contribution >= 4 is 29.3 Å². The molecule has 5 nitrogen and oxygen atoms in total. The van der Waals surface area contributed by atoms with E-state index >= 15 is 0 Å². The first-order valence-corrected chi connectivity index (χ1v) is 9.61. The third-order valence-corrected chi connectivity index (χ3v) is 4.55. The maximum atomic E-state index is 13.7. The van der Waals surface area contributed by atoms with E-state index in [1.807, 2.05) is 6.07 Å². The number of ether oxygens (including phenoxy) is 2. The molecule has 3 rings (SSSR count). The first kappa shape index (κ1) is 21.9. The number of hydrogen-bond donors (Lipinski definition) is 1. The van der Waals surface area contributed by atoms with Gasteiger partial charge in [-0.15, -0.1) is 0 Å². The Kier molecular flexibility index (Phi) is 7.26. The summed E-state index contributed by atoms with van der Waals surface area (Å²) in [5, 5.41) is 12.5. The van der Waals surface area contributed by atoms with E-state index in [1.54, 1.807) is 54.6 Å². The number of nitrogens with one attached hydrogen (secondary N) is 1. The van der Waals surface area contributed by atoms with Gasteiger partial charge in [-0.2, -0.15) is 5.26 Å². The molecule has 156 valence electrons. The fourth-order valence-electron chi connectivity index (χ4n) is 2.72. The number of methoxy groups -OCH3 is 1. The molecule has 0 atom stereocenters. The minimum Gasteiger partial charge on any atom is -0.495 e. The van der Waals surface area contributed by atoms with Crippen LogP contribution in [-0.4, -0.2) is 13.0 Å². The van der Waals surface area contributed by atoms with Crippen LogP contribution >= 0.6 is 11.6 Å². The zero-order chi connectivity index (χ0) is 22.2. The number of carbonyl (C=O) groups excluding carboxylic acids is 1. The van der Waals surface area contributed by atoms with Gasteiger partial charge in [0.1, 0.15) is 35.6 Å². The summed E-state index contributed by atoms with van der Waals surface area (Å²) >= 11 is 5.97. The van der Waals surface area contributed by atoms with E-state index in [4.69, 9.17) is 21.1 Å². The van der Waals surface area contributed by atoms with Crippen LogP contribution in [0, 0.1) is 17.1 Å². The van der Waals surface area contributed by atoms with Crippen molar-refractivity contribution in [2.45, 2.75) is 6.61 Å². The molecule has 7 heteroatoms. The summed E-state index contributed by atoms with van der Waals surface area (Å²) in [6, 6.07) is 19.8. The standard InChI is InChI=1S/C24H18ClFN2O3/c1-30-23-11-8-19(25)13-22(23)28-24(29)18(14-27)12-16-6-9-20(10-7-16)31-15-17-4-2-3-5-21(17)26/h2-13H,15H2,1H3,(H,28,29)/b18-12+. The molecule has 0 aliphatic rings. The minimum absolute atomic E-state index is 0.0924. The molecule has 0 spiro atoms.